The minimum atomic E-state index is -0.914. The van der Waals surface area contributed by atoms with Gasteiger partial charge in [0.25, 0.3) is 0 Å². The first kappa shape index (κ1) is 29.1. The van der Waals surface area contributed by atoms with E-state index in [4.69, 9.17) is 17.3 Å². The van der Waals surface area contributed by atoms with Crippen LogP contribution < -0.4 is 16.4 Å². The zero-order valence-corrected chi connectivity index (χ0v) is 23.2. The quantitative estimate of drug-likeness (QED) is 0.387. The second-order valence-corrected chi connectivity index (χ2v) is 12.2. The number of rotatable bonds is 9. The molecule has 1 aromatic heterocycles. The zero-order valence-electron chi connectivity index (χ0n) is 22.5. The van der Waals surface area contributed by atoms with Gasteiger partial charge in [-0.2, -0.15) is 0 Å². The van der Waals surface area contributed by atoms with Crippen molar-refractivity contribution in [1.82, 2.24) is 10.3 Å². The van der Waals surface area contributed by atoms with E-state index in [2.05, 4.69) is 29.5 Å². The van der Waals surface area contributed by atoms with E-state index in [0.29, 0.717) is 23.8 Å². The van der Waals surface area contributed by atoms with Gasteiger partial charge in [-0.05, 0) is 87.1 Å². The molecule has 2 amide bonds. The standard InChI is InChI=1S/C29H40ClFN4O2/c1-18(2)12-19-13-20(16-29(5,15-19)27(37)35-22-8-10-33-11-9-22)25(32)17-34-26(36)28(3,4)21-6-7-24(31)23(30)14-21/h6-11,14,18-20,25H,12-13,15-17,32H2,1-5H3,(H,34,36)(H,33,35,37). The van der Waals surface area contributed by atoms with Crippen LogP contribution in [0.1, 0.15) is 65.9 Å². The maximum atomic E-state index is 13.6. The molecule has 37 heavy (non-hydrogen) atoms. The number of nitrogens with zero attached hydrogens (tertiary/aromatic N) is 1. The number of amides is 2. The van der Waals surface area contributed by atoms with Crippen LogP contribution in [0.3, 0.4) is 0 Å². The normalized spacial score (nSPS) is 22.9. The lowest BCUT2D eigenvalue weighted by atomic mass is 9.63. The first-order valence-corrected chi connectivity index (χ1v) is 13.4. The van der Waals surface area contributed by atoms with Crippen molar-refractivity contribution in [2.75, 3.05) is 11.9 Å². The number of halogens is 2. The molecule has 0 bridgehead atoms. The zero-order chi connectivity index (χ0) is 27.4. The molecule has 4 N–H and O–H groups in total. The topological polar surface area (TPSA) is 97.1 Å². The van der Waals surface area contributed by atoms with Gasteiger partial charge in [0.1, 0.15) is 5.82 Å². The highest BCUT2D eigenvalue weighted by Crippen LogP contribution is 2.46. The fourth-order valence-electron chi connectivity index (χ4n) is 5.58. The largest absolute Gasteiger partial charge is 0.354 e. The summed E-state index contributed by atoms with van der Waals surface area (Å²) in [6.45, 7) is 10.3. The van der Waals surface area contributed by atoms with Gasteiger partial charge in [-0.1, -0.05) is 38.4 Å². The molecule has 1 fully saturated rings. The fourth-order valence-corrected chi connectivity index (χ4v) is 5.76. The van der Waals surface area contributed by atoms with Crippen molar-refractivity contribution in [2.45, 2.75) is 71.8 Å². The Morgan fingerprint density at radius 2 is 1.89 bits per heavy atom. The molecular weight excluding hydrogens is 491 g/mol. The van der Waals surface area contributed by atoms with Crippen molar-refractivity contribution in [3.8, 4) is 0 Å². The molecule has 0 radical (unpaired) electrons. The number of nitrogens with two attached hydrogens (primary N) is 1. The van der Waals surface area contributed by atoms with Crippen LogP contribution in [0.2, 0.25) is 5.02 Å². The van der Waals surface area contributed by atoms with Crippen molar-refractivity contribution in [3.63, 3.8) is 0 Å². The molecule has 6 nitrogen and oxygen atoms in total. The minimum Gasteiger partial charge on any atom is -0.354 e. The Bertz CT molecular complexity index is 1090. The van der Waals surface area contributed by atoms with E-state index in [1.165, 1.54) is 12.1 Å². The third-order valence-electron chi connectivity index (χ3n) is 7.69. The molecule has 3 rings (SSSR count). The Balaban J connectivity index is 1.70. The molecule has 4 unspecified atom stereocenters. The van der Waals surface area contributed by atoms with Crippen molar-refractivity contribution < 1.29 is 14.0 Å². The van der Waals surface area contributed by atoms with Gasteiger partial charge in [0.2, 0.25) is 11.8 Å². The van der Waals surface area contributed by atoms with Gasteiger partial charge in [0.05, 0.1) is 10.4 Å². The number of aromatic nitrogens is 1. The average Bonchev–Trinajstić information content (AvgIpc) is 2.83. The van der Waals surface area contributed by atoms with Gasteiger partial charge in [0, 0.05) is 36.1 Å². The molecule has 4 atom stereocenters. The van der Waals surface area contributed by atoms with Crippen LogP contribution in [0.5, 0.6) is 0 Å². The Labute approximate surface area is 225 Å². The van der Waals surface area contributed by atoms with E-state index in [-0.39, 0.29) is 35.3 Å². The van der Waals surface area contributed by atoms with Crippen LogP contribution in [-0.4, -0.2) is 29.4 Å². The summed E-state index contributed by atoms with van der Waals surface area (Å²) in [7, 11) is 0. The van der Waals surface area contributed by atoms with Gasteiger partial charge >= 0.3 is 0 Å². The second-order valence-electron chi connectivity index (χ2n) is 11.8. The van der Waals surface area contributed by atoms with Crippen LogP contribution >= 0.6 is 11.6 Å². The summed E-state index contributed by atoms with van der Waals surface area (Å²) in [6, 6.07) is 7.59. The molecule has 0 saturated heterocycles. The molecule has 8 heteroatoms. The van der Waals surface area contributed by atoms with Gasteiger partial charge in [0.15, 0.2) is 0 Å². The summed E-state index contributed by atoms with van der Waals surface area (Å²) >= 11 is 5.94. The third kappa shape index (κ3) is 7.29. The lowest BCUT2D eigenvalue weighted by Crippen LogP contribution is -2.51. The number of carbonyl (C=O) groups is 2. The fraction of sp³-hybridized carbons (Fsp3) is 0.552. The molecule has 202 valence electrons. The van der Waals surface area contributed by atoms with Crippen LogP contribution in [0.25, 0.3) is 0 Å². The lowest BCUT2D eigenvalue weighted by molar-refractivity contribution is -0.129. The summed E-state index contributed by atoms with van der Waals surface area (Å²) in [6.07, 6.45) is 6.70. The van der Waals surface area contributed by atoms with E-state index < -0.39 is 16.6 Å². The summed E-state index contributed by atoms with van der Waals surface area (Å²) in [5, 5.41) is 6.04. The van der Waals surface area contributed by atoms with Gasteiger partial charge < -0.3 is 16.4 Å². The van der Waals surface area contributed by atoms with Crippen molar-refractivity contribution in [3.05, 3.63) is 59.1 Å². The number of pyridine rings is 1. The molecular formula is C29H40ClFN4O2. The van der Waals surface area contributed by atoms with Gasteiger partial charge in [-0.15, -0.1) is 0 Å². The summed E-state index contributed by atoms with van der Waals surface area (Å²) in [5.74, 6) is 0.213. The molecule has 1 heterocycles. The van der Waals surface area contributed by atoms with Gasteiger partial charge in [-0.25, -0.2) is 4.39 Å². The second kappa shape index (κ2) is 11.9. The number of anilines is 1. The van der Waals surface area contributed by atoms with Crippen molar-refractivity contribution in [2.24, 2.45) is 28.9 Å². The number of hydrogen-bond donors (Lipinski definition) is 3. The predicted molar refractivity (Wildman–Crippen MR) is 147 cm³/mol. The van der Waals surface area contributed by atoms with Crippen molar-refractivity contribution >= 4 is 29.1 Å². The first-order chi connectivity index (χ1) is 17.3. The summed E-state index contributed by atoms with van der Waals surface area (Å²) in [4.78, 5) is 30.6. The highest BCUT2D eigenvalue weighted by atomic mass is 35.5. The average molecular weight is 531 g/mol. The maximum absolute atomic E-state index is 13.6. The third-order valence-corrected chi connectivity index (χ3v) is 7.98. The summed E-state index contributed by atoms with van der Waals surface area (Å²) in [5.41, 5.74) is 6.53. The maximum Gasteiger partial charge on any atom is 0.230 e. The highest BCUT2D eigenvalue weighted by Gasteiger charge is 2.44. The SMILES string of the molecule is CC(C)CC1CC(C(N)CNC(=O)C(C)(C)c2ccc(F)c(Cl)c2)CC(C)(C(=O)Nc2ccncc2)C1. The first-order valence-electron chi connectivity index (χ1n) is 13.0. The lowest BCUT2D eigenvalue weighted by Gasteiger charge is -2.44. The Hall–Kier alpha value is -2.51. The Morgan fingerprint density at radius 1 is 1.22 bits per heavy atom. The predicted octanol–water partition coefficient (Wildman–Crippen LogP) is 5.70. The number of hydrogen-bond acceptors (Lipinski definition) is 4. The minimum absolute atomic E-state index is 0.0114. The molecule has 1 aliphatic rings. The van der Waals surface area contributed by atoms with E-state index in [9.17, 15) is 14.0 Å². The van der Waals surface area contributed by atoms with Crippen LogP contribution in [0, 0.1) is 29.0 Å². The van der Waals surface area contributed by atoms with Crippen LogP contribution in [0.4, 0.5) is 10.1 Å². The van der Waals surface area contributed by atoms with Gasteiger partial charge in [-0.3, -0.25) is 14.6 Å². The van der Waals surface area contributed by atoms with E-state index >= 15 is 0 Å². The number of nitrogens with one attached hydrogen (secondary N) is 2. The van der Waals surface area contributed by atoms with Crippen molar-refractivity contribution in [1.29, 1.82) is 0 Å². The molecule has 1 saturated carbocycles. The van der Waals surface area contributed by atoms with Crippen LogP contribution in [0.15, 0.2) is 42.7 Å². The van der Waals surface area contributed by atoms with E-state index in [0.717, 1.165) is 24.9 Å². The highest BCUT2D eigenvalue weighted by molar-refractivity contribution is 6.30. The number of benzene rings is 1. The molecule has 0 aliphatic heterocycles. The Kier molecular flexibility index (Phi) is 9.35. The van der Waals surface area contributed by atoms with E-state index in [1.807, 2.05) is 6.92 Å². The molecule has 2 aromatic rings. The van der Waals surface area contributed by atoms with E-state index in [1.54, 1.807) is 44.4 Å². The smallest absolute Gasteiger partial charge is 0.230 e. The molecule has 1 aliphatic carbocycles. The monoisotopic (exact) mass is 530 g/mol. The number of carbonyl (C=O) groups excluding carboxylic acids is 2. The molecule has 0 spiro atoms. The Morgan fingerprint density at radius 3 is 2.51 bits per heavy atom. The summed E-state index contributed by atoms with van der Waals surface area (Å²) < 4.78 is 13.6. The van der Waals surface area contributed by atoms with Crippen LogP contribution in [-0.2, 0) is 15.0 Å². The molecule has 1 aromatic carbocycles.